The van der Waals surface area contributed by atoms with Crippen LogP contribution in [0.4, 0.5) is 0 Å². The highest BCUT2D eigenvalue weighted by Crippen LogP contribution is 2.21. The third kappa shape index (κ3) is 5.05. The molecule has 16 heavy (non-hydrogen) atoms. The molecule has 2 heteroatoms. The van der Waals surface area contributed by atoms with Crippen molar-refractivity contribution >= 4 is 11.6 Å². The molecule has 0 saturated carbocycles. The van der Waals surface area contributed by atoms with Gasteiger partial charge in [-0.2, -0.15) is 0 Å². The van der Waals surface area contributed by atoms with Gasteiger partial charge in [-0.15, -0.1) is 11.6 Å². The number of hydrogen-bond acceptors (Lipinski definition) is 1. The van der Waals surface area contributed by atoms with Crippen molar-refractivity contribution in [2.45, 2.75) is 52.4 Å². The molecule has 0 amide bonds. The number of piperidine rings is 1. The van der Waals surface area contributed by atoms with Crippen LogP contribution in [-0.2, 0) is 0 Å². The minimum Gasteiger partial charge on any atom is -0.303 e. The summed E-state index contributed by atoms with van der Waals surface area (Å²) in [5, 5.41) is 0. The molecule has 1 aliphatic heterocycles. The van der Waals surface area contributed by atoms with Crippen LogP contribution in [0.5, 0.6) is 0 Å². The Hall–Kier alpha value is 0.250. The van der Waals surface area contributed by atoms with Crippen LogP contribution < -0.4 is 0 Å². The number of unbranched alkanes of at least 4 members (excludes halogenated alkanes) is 1. The maximum atomic E-state index is 5.91. The van der Waals surface area contributed by atoms with Gasteiger partial charge in [0.25, 0.3) is 0 Å². The largest absolute Gasteiger partial charge is 0.303 e. The third-order valence-corrected chi connectivity index (χ3v) is 4.42. The molecule has 1 atom stereocenters. The summed E-state index contributed by atoms with van der Waals surface area (Å²) >= 11 is 5.91. The predicted octanol–water partition coefficient (Wildman–Crippen LogP) is 4.15. The molecule has 0 N–H and O–H groups in total. The van der Waals surface area contributed by atoms with E-state index in [-0.39, 0.29) is 0 Å². The van der Waals surface area contributed by atoms with Crippen molar-refractivity contribution in [3.8, 4) is 0 Å². The molecule has 0 bridgehead atoms. The molecule has 96 valence electrons. The molecule has 0 spiro atoms. The van der Waals surface area contributed by atoms with Crippen molar-refractivity contribution in [1.82, 2.24) is 4.90 Å². The molecule has 1 fully saturated rings. The average molecular weight is 246 g/mol. The molecular weight excluding hydrogens is 218 g/mol. The van der Waals surface area contributed by atoms with E-state index in [1.54, 1.807) is 0 Å². The van der Waals surface area contributed by atoms with E-state index in [4.69, 9.17) is 11.6 Å². The quantitative estimate of drug-likeness (QED) is 0.609. The van der Waals surface area contributed by atoms with Crippen LogP contribution in [0.25, 0.3) is 0 Å². The number of likely N-dealkylation sites (tertiary alicyclic amines) is 1. The molecule has 1 unspecified atom stereocenters. The first-order valence-corrected chi connectivity index (χ1v) is 7.61. The topological polar surface area (TPSA) is 3.24 Å². The van der Waals surface area contributed by atoms with Crippen LogP contribution in [0.15, 0.2) is 0 Å². The summed E-state index contributed by atoms with van der Waals surface area (Å²) in [4.78, 5) is 2.66. The van der Waals surface area contributed by atoms with E-state index in [0.29, 0.717) is 0 Å². The fourth-order valence-electron chi connectivity index (χ4n) is 2.61. The molecule has 0 aliphatic carbocycles. The molecule has 1 saturated heterocycles. The first-order valence-electron chi connectivity index (χ1n) is 7.08. The van der Waals surface area contributed by atoms with E-state index >= 15 is 0 Å². The zero-order valence-corrected chi connectivity index (χ0v) is 11.8. The molecule has 1 rings (SSSR count). The molecule has 0 radical (unpaired) electrons. The van der Waals surface area contributed by atoms with Gasteiger partial charge in [0.05, 0.1) is 0 Å². The maximum absolute atomic E-state index is 5.91. The number of halogens is 1. The highest BCUT2D eigenvalue weighted by molar-refractivity contribution is 6.18. The lowest BCUT2D eigenvalue weighted by atomic mass is 9.95. The Labute approximate surface area is 107 Å². The van der Waals surface area contributed by atoms with E-state index in [2.05, 4.69) is 18.7 Å². The lowest BCUT2D eigenvalue weighted by Gasteiger charge is -2.33. The van der Waals surface area contributed by atoms with Crippen LogP contribution >= 0.6 is 11.6 Å². The van der Waals surface area contributed by atoms with Crippen molar-refractivity contribution in [1.29, 1.82) is 0 Å². The summed E-state index contributed by atoms with van der Waals surface area (Å²) in [6.07, 6.45) is 8.13. The molecule has 1 nitrogen and oxygen atoms in total. The average Bonchev–Trinajstić information content (AvgIpc) is 2.35. The molecular formula is C14H28ClN. The molecule has 1 aliphatic rings. The Morgan fingerprint density at radius 2 is 1.94 bits per heavy atom. The Morgan fingerprint density at radius 1 is 1.25 bits per heavy atom. The molecule has 0 aromatic rings. The van der Waals surface area contributed by atoms with Gasteiger partial charge in [-0.05, 0) is 44.2 Å². The number of hydrogen-bond donors (Lipinski definition) is 0. The van der Waals surface area contributed by atoms with E-state index in [9.17, 15) is 0 Å². The summed E-state index contributed by atoms with van der Waals surface area (Å²) in [5.74, 6) is 2.57. The summed E-state index contributed by atoms with van der Waals surface area (Å²) < 4.78 is 0. The van der Waals surface area contributed by atoms with Crippen LogP contribution in [0.1, 0.15) is 52.4 Å². The lowest BCUT2D eigenvalue weighted by Crippen LogP contribution is -2.37. The Morgan fingerprint density at radius 3 is 2.44 bits per heavy atom. The molecule has 0 aromatic carbocycles. The van der Waals surface area contributed by atoms with Gasteiger partial charge >= 0.3 is 0 Å². The Kier molecular flexibility index (Phi) is 7.47. The van der Waals surface area contributed by atoms with E-state index in [1.807, 2.05) is 0 Å². The fourth-order valence-corrected chi connectivity index (χ4v) is 2.91. The van der Waals surface area contributed by atoms with E-state index < -0.39 is 0 Å². The van der Waals surface area contributed by atoms with Crippen LogP contribution in [-0.4, -0.2) is 30.4 Å². The number of alkyl halides is 1. The van der Waals surface area contributed by atoms with Crippen molar-refractivity contribution in [3.63, 3.8) is 0 Å². The van der Waals surface area contributed by atoms with E-state index in [1.165, 1.54) is 58.2 Å². The van der Waals surface area contributed by atoms with Crippen molar-refractivity contribution in [3.05, 3.63) is 0 Å². The van der Waals surface area contributed by atoms with Crippen LogP contribution in [0, 0.1) is 11.8 Å². The third-order valence-electron chi connectivity index (χ3n) is 3.99. The smallest absolute Gasteiger partial charge is 0.0252 e. The summed E-state index contributed by atoms with van der Waals surface area (Å²) in [6, 6.07) is 0. The highest BCUT2D eigenvalue weighted by Gasteiger charge is 2.20. The summed E-state index contributed by atoms with van der Waals surface area (Å²) in [7, 11) is 0. The van der Waals surface area contributed by atoms with Gasteiger partial charge in [0.2, 0.25) is 0 Å². The summed E-state index contributed by atoms with van der Waals surface area (Å²) in [5.41, 5.74) is 0. The standard InChI is InChI=1S/C14H28ClN/c1-3-5-6-13(4-2)12-16-9-7-14(11-15)8-10-16/h13-14H,3-12H2,1-2H3. The second kappa shape index (κ2) is 8.36. The van der Waals surface area contributed by atoms with Gasteiger partial charge in [0.1, 0.15) is 0 Å². The highest BCUT2D eigenvalue weighted by atomic mass is 35.5. The fraction of sp³-hybridized carbons (Fsp3) is 1.00. The van der Waals surface area contributed by atoms with Gasteiger partial charge in [-0.25, -0.2) is 0 Å². The zero-order chi connectivity index (χ0) is 11.8. The lowest BCUT2D eigenvalue weighted by molar-refractivity contribution is 0.161. The Balaban J connectivity index is 2.20. The SMILES string of the molecule is CCCCC(CC)CN1CCC(CCl)CC1. The monoisotopic (exact) mass is 245 g/mol. The first-order chi connectivity index (χ1) is 7.80. The van der Waals surface area contributed by atoms with Crippen molar-refractivity contribution < 1.29 is 0 Å². The first kappa shape index (κ1) is 14.3. The summed E-state index contributed by atoms with van der Waals surface area (Å²) in [6.45, 7) is 8.51. The van der Waals surface area contributed by atoms with Gasteiger partial charge in [0, 0.05) is 12.4 Å². The van der Waals surface area contributed by atoms with Crippen LogP contribution in [0.2, 0.25) is 0 Å². The zero-order valence-electron chi connectivity index (χ0n) is 11.1. The van der Waals surface area contributed by atoms with Gasteiger partial charge < -0.3 is 4.90 Å². The minimum absolute atomic E-state index is 0.786. The second-order valence-corrected chi connectivity index (χ2v) is 5.62. The van der Waals surface area contributed by atoms with Crippen LogP contribution in [0.3, 0.4) is 0 Å². The Bertz CT molecular complexity index is 164. The van der Waals surface area contributed by atoms with Crippen molar-refractivity contribution in [2.24, 2.45) is 11.8 Å². The minimum atomic E-state index is 0.786. The molecule has 1 heterocycles. The number of nitrogens with zero attached hydrogens (tertiary/aromatic N) is 1. The van der Waals surface area contributed by atoms with Gasteiger partial charge in [0.15, 0.2) is 0 Å². The normalized spacial score (nSPS) is 21.2. The van der Waals surface area contributed by atoms with Gasteiger partial charge in [-0.3, -0.25) is 0 Å². The van der Waals surface area contributed by atoms with Crippen molar-refractivity contribution in [2.75, 3.05) is 25.5 Å². The predicted molar refractivity (Wildman–Crippen MR) is 73.2 cm³/mol. The van der Waals surface area contributed by atoms with Gasteiger partial charge in [-0.1, -0.05) is 33.1 Å². The molecule has 0 aromatic heterocycles. The van der Waals surface area contributed by atoms with E-state index in [0.717, 1.165) is 17.7 Å². The number of rotatable bonds is 7. The maximum Gasteiger partial charge on any atom is 0.0252 e. The second-order valence-electron chi connectivity index (χ2n) is 5.31.